The Morgan fingerprint density at radius 3 is 0.914 bits per heavy atom. The topological polar surface area (TPSA) is 69.6 Å². The molecule has 4 nitrogen and oxygen atoms in total. The molecule has 0 bridgehead atoms. The van der Waals surface area contributed by atoms with E-state index in [0.717, 1.165) is 44.9 Å². The molecular weight excluding hydrogens is 855 g/mol. The molecule has 0 aliphatic rings. The van der Waals surface area contributed by atoms with E-state index in [4.69, 9.17) is 0 Å². The van der Waals surface area contributed by atoms with E-state index in [1.807, 2.05) is 6.08 Å². The molecule has 0 saturated heterocycles. The van der Waals surface area contributed by atoms with E-state index in [1.165, 1.54) is 270 Å². The molecular formula is C66H123NO3. The van der Waals surface area contributed by atoms with Gasteiger partial charge in [-0.25, -0.2) is 0 Å². The van der Waals surface area contributed by atoms with Gasteiger partial charge in [0.15, 0.2) is 0 Å². The van der Waals surface area contributed by atoms with Crippen LogP contribution in [-0.2, 0) is 4.79 Å². The molecule has 2 unspecified atom stereocenters. The minimum Gasteiger partial charge on any atom is -0.394 e. The number of aliphatic hydroxyl groups is 2. The minimum absolute atomic E-state index is 0.0746. The minimum atomic E-state index is -0.872. The highest BCUT2D eigenvalue weighted by Gasteiger charge is 2.18. The van der Waals surface area contributed by atoms with Gasteiger partial charge in [0, 0.05) is 6.42 Å². The van der Waals surface area contributed by atoms with Gasteiger partial charge in [0.25, 0.3) is 0 Å². The molecule has 70 heavy (non-hydrogen) atoms. The van der Waals surface area contributed by atoms with Crippen LogP contribution in [0.25, 0.3) is 0 Å². The van der Waals surface area contributed by atoms with Gasteiger partial charge in [-0.3, -0.25) is 4.79 Å². The predicted molar refractivity (Wildman–Crippen MR) is 313 cm³/mol. The molecule has 0 aliphatic carbocycles. The summed E-state index contributed by atoms with van der Waals surface area (Å²) < 4.78 is 0. The first-order valence-electron chi connectivity index (χ1n) is 31.5. The molecule has 0 saturated carbocycles. The maximum absolute atomic E-state index is 12.5. The molecule has 0 spiro atoms. The van der Waals surface area contributed by atoms with E-state index in [-0.39, 0.29) is 12.5 Å². The highest BCUT2D eigenvalue weighted by molar-refractivity contribution is 5.76. The van der Waals surface area contributed by atoms with Gasteiger partial charge in [-0.2, -0.15) is 0 Å². The van der Waals surface area contributed by atoms with Gasteiger partial charge in [0.2, 0.25) is 5.91 Å². The van der Waals surface area contributed by atoms with Gasteiger partial charge in [0.1, 0.15) is 0 Å². The van der Waals surface area contributed by atoms with Crippen LogP contribution < -0.4 is 5.32 Å². The smallest absolute Gasteiger partial charge is 0.220 e. The van der Waals surface area contributed by atoms with Crippen LogP contribution in [0.2, 0.25) is 0 Å². The molecule has 1 amide bonds. The maximum atomic E-state index is 12.5. The summed E-state index contributed by atoms with van der Waals surface area (Å²) in [6.07, 6.45) is 87.1. The van der Waals surface area contributed by atoms with Gasteiger partial charge < -0.3 is 15.5 Å². The van der Waals surface area contributed by atoms with Crippen molar-refractivity contribution in [3.05, 3.63) is 60.8 Å². The van der Waals surface area contributed by atoms with E-state index < -0.39 is 12.1 Å². The average molecular weight is 979 g/mol. The summed E-state index contributed by atoms with van der Waals surface area (Å²) in [5.41, 5.74) is 0. The molecule has 0 fully saturated rings. The number of hydrogen-bond donors (Lipinski definition) is 3. The molecule has 0 aromatic heterocycles. The van der Waals surface area contributed by atoms with Gasteiger partial charge in [-0.1, -0.05) is 312 Å². The second-order valence-electron chi connectivity index (χ2n) is 21.5. The van der Waals surface area contributed by atoms with Crippen molar-refractivity contribution >= 4 is 5.91 Å². The number of carbonyl (C=O) groups excluding carboxylic acids is 1. The van der Waals surface area contributed by atoms with E-state index in [9.17, 15) is 15.0 Å². The third kappa shape index (κ3) is 57.0. The fourth-order valence-corrected chi connectivity index (χ4v) is 9.66. The van der Waals surface area contributed by atoms with Crippen LogP contribution in [0.4, 0.5) is 0 Å². The Balaban J connectivity index is 3.49. The summed E-state index contributed by atoms with van der Waals surface area (Å²) in [5.74, 6) is -0.0746. The Morgan fingerprint density at radius 2 is 0.600 bits per heavy atom. The molecule has 0 radical (unpaired) electrons. The first-order chi connectivity index (χ1) is 34.7. The number of hydrogen-bond acceptors (Lipinski definition) is 3. The summed E-state index contributed by atoms with van der Waals surface area (Å²) in [5, 5.41) is 23.2. The Morgan fingerprint density at radius 1 is 0.343 bits per heavy atom. The highest BCUT2D eigenvalue weighted by atomic mass is 16.3. The summed E-state index contributed by atoms with van der Waals surface area (Å²) in [6.45, 7) is 4.32. The predicted octanol–water partition coefficient (Wildman–Crippen LogP) is 21.2. The van der Waals surface area contributed by atoms with Crippen LogP contribution in [0.1, 0.15) is 335 Å². The van der Waals surface area contributed by atoms with Crippen molar-refractivity contribution in [1.29, 1.82) is 0 Å². The van der Waals surface area contributed by atoms with Crippen molar-refractivity contribution in [3.8, 4) is 0 Å². The summed E-state index contributed by atoms with van der Waals surface area (Å²) in [6, 6.07) is -0.648. The lowest BCUT2D eigenvalue weighted by Gasteiger charge is -2.19. The SMILES string of the molecule is CCCCCCCCCCCCC/C=C/CC/C=C/CC/C=C/C(O)C(CO)NC(=O)CCCCCCCCCCCCCCCCCCC/C=C\C/C=C\CCCCCCCCCCCCCCC. The molecule has 3 N–H and O–H groups in total. The van der Waals surface area contributed by atoms with E-state index in [0.29, 0.717) is 6.42 Å². The number of amides is 1. The highest BCUT2D eigenvalue weighted by Crippen LogP contribution is 2.17. The monoisotopic (exact) mass is 978 g/mol. The molecule has 4 heteroatoms. The van der Waals surface area contributed by atoms with Crippen molar-refractivity contribution in [1.82, 2.24) is 5.32 Å². The number of allylic oxidation sites excluding steroid dienone is 9. The normalized spacial score (nSPS) is 13.1. The van der Waals surface area contributed by atoms with Crippen LogP contribution in [0.15, 0.2) is 60.8 Å². The second kappa shape index (κ2) is 61.4. The second-order valence-corrected chi connectivity index (χ2v) is 21.5. The zero-order chi connectivity index (χ0) is 50.6. The first-order valence-corrected chi connectivity index (χ1v) is 31.5. The standard InChI is InChI=1S/C66H123NO3/c1-3-5-7-9-11-13-15-17-19-21-23-25-26-27-28-29-30-31-32-33-34-35-36-37-38-39-40-42-44-46-48-50-52-54-56-58-60-62-66(70)67-64(63-68)65(69)61-59-57-55-53-51-49-47-45-43-41-24-22-20-18-16-14-12-10-8-6-4-2/h28-29,31-32,43,45,51,53,59,61,64-65,68-69H,3-27,30,33-42,44,46-50,52,54-58,60,62-63H2,1-2H3,(H,67,70)/b29-28-,32-31-,45-43+,53-51+,61-59+. The fraction of sp³-hybridized carbons (Fsp3) is 0.833. The average Bonchev–Trinajstić information content (AvgIpc) is 3.36. The number of unbranched alkanes of at least 4 members (excludes halogenated alkanes) is 43. The lowest BCUT2D eigenvalue weighted by atomic mass is 10.0. The number of rotatable bonds is 58. The van der Waals surface area contributed by atoms with Gasteiger partial charge in [-0.05, 0) is 77.0 Å². The van der Waals surface area contributed by atoms with E-state index in [1.54, 1.807) is 6.08 Å². The van der Waals surface area contributed by atoms with E-state index in [2.05, 4.69) is 67.8 Å². The van der Waals surface area contributed by atoms with Gasteiger partial charge in [0.05, 0.1) is 18.8 Å². The lowest BCUT2D eigenvalue weighted by molar-refractivity contribution is -0.123. The maximum Gasteiger partial charge on any atom is 0.220 e. The third-order valence-electron chi connectivity index (χ3n) is 14.5. The molecule has 0 rings (SSSR count). The lowest BCUT2D eigenvalue weighted by Crippen LogP contribution is -2.45. The Hall–Kier alpha value is -1.91. The van der Waals surface area contributed by atoms with E-state index >= 15 is 0 Å². The quantitative estimate of drug-likeness (QED) is 0.0420. The molecule has 410 valence electrons. The Bertz CT molecular complexity index is 1150. The van der Waals surface area contributed by atoms with Gasteiger partial charge in [-0.15, -0.1) is 0 Å². The molecule has 0 aromatic rings. The van der Waals surface area contributed by atoms with Crippen LogP contribution in [0, 0.1) is 0 Å². The number of nitrogens with one attached hydrogen (secondary N) is 1. The summed E-state index contributed by atoms with van der Waals surface area (Å²) in [7, 11) is 0. The first kappa shape index (κ1) is 68.1. The van der Waals surface area contributed by atoms with Gasteiger partial charge >= 0.3 is 0 Å². The van der Waals surface area contributed by atoms with Crippen LogP contribution in [0.5, 0.6) is 0 Å². The molecule has 0 aromatic carbocycles. The largest absolute Gasteiger partial charge is 0.394 e. The molecule has 2 atom stereocenters. The fourth-order valence-electron chi connectivity index (χ4n) is 9.66. The summed E-state index contributed by atoms with van der Waals surface area (Å²) >= 11 is 0. The molecule has 0 aliphatic heterocycles. The zero-order valence-corrected chi connectivity index (χ0v) is 47.3. The van der Waals surface area contributed by atoms with Crippen LogP contribution in [0.3, 0.4) is 0 Å². The van der Waals surface area contributed by atoms with Crippen molar-refractivity contribution in [2.24, 2.45) is 0 Å². The van der Waals surface area contributed by atoms with Crippen molar-refractivity contribution in [2.45, 2.75) is 347 Å². The summed E-state index contributed by atoms with van der Waals surface area (Å²) in [4.78, 5) is 12.5. The van der Waals surface area contributed by atoms with Crippen molar-refractivity contribution in [2.75, 3.05) is 6.61 Å². The number of aliphatic hydroxyl groups excluding tert-OH is 2. The van der Waals surface area contributed by atoms with Crippen molar-refractivity contribution in [3.63, 3.8) is 0 Å². The Kier molecular flexibility index (Phi) is 59.7. The van der Waals surface area contributed by atoms with Crippen LogP contribution >= 0.6 is 0 Å². The third-order valence-corrected chi connectivity index (χ3v) is 14.5. The number of carbonyl (C=O) groups is 1. The van der Waals surface area contributed by atoms with Crippen LogP contribution in [-0.4, -0.2) is 34.9 Å². The molecule has 0 heterocycles. The zero-order valence-electron chi connectivity index (χ0n) is 47.3. The Labute approximate surface area is 438 Å². The van der Waals surface area contributed by atoms with Crippen molar-refractivity contribution < 1.29 is 15.0 Å².